The Bertz CT molecular complexity index is 566. The van der Waals surface area contributed by atoms with Gasteiger partial charge in [-0.1, -0.05) is 12.1 Å². The Morgan fingerprint density at radius 1 is 1.42 bits per heavy atom. The van der Waals surface area contributed by atoms with Crippen molar-refractivity contribution in [1.82, 2.24) is 4.72 Å². The van der Waals surface area contributed by atoms with Crippen LogP contribution in [0.4, 0.5) is 5.69 Å². The summed E-state index contributed by atoms with van der Waals surface area (Å²) >= 11 is 0. The number of nitro groups is 1. The Morgan fingerprint density at radius 2 is 2.16 bits per heavy atom. The number of nitrogens with zero attached hydrogens (tertiary/aromatic N) is 1. The normalized spacial score (nSPS) is 19.5. The highest BCUT2D eigenvalue weighted by molar-refractivity contribution is 7.89. The second kappa shape index (κ2) is 5.64. The Balaban J connectivity index is 2.17. The molecule has 1 atom stereocenters. The van der Waals surface area contributed by atoms with Crippen LogP contribution in [0, 0.1) is 10.1 Å². The molecule has 0 saturated carbocycles. The van der Waals surface area contributed by atoms with E-state index in [1.807, 2.05) is 0 Å². The summed E-state index contributed by atoms with van der Waals surface area (Å²) in [5.74, 6) is 0. The first-order valence-electron chi connectivity index (χ1n) is 5.85. The molecule has 0 spiro atoms. The molecular weight excluding hydrogens is 272 g/mol. The van der Waals surface area contributed by atoms with Crippen molar-refractivity contribution in [2.75, 3.05) is 13.2 Å². The molecule has 1 aliphatic heterocycles. The molecule has 0 aromatic heterocycles. The highest BCUT2D eigenvalue weighted by atomic mass is 32.2. The van der Waals surface area contributed by atoms with Crippen molar-refractivity contribution in [1.29, 1.82) is 0 Å². The molecule has 8 heteroatoms. The summed E-state index contributed by atoms with van der Waals surface area (Å²) < 4.78 is 31.7. The molecule has 19 heavy (non-hydrogen) atoms. The van der Waals surface area contributed by atoms with Crippen LogP contribution >= 0.6 is 0 Å². The maximum atomic E-state index is 12.0. The fourth-order valence-electron chi connectivity index (χ4n) is 1.92. The van der Waals surface area contributed by atoms with Gasteiger partial charge < -0.3 is 4.74 Å². The molecule has 7 nitrogen and oxygen atoms in total. The summed E-state index contributed by atoms with van der Waals surface area (Å²) in [6.45, 7) is 0.756. The third kappa shape index (κ3) is 3.28. The summed E-state index contributed by atoms with van der Waals surface area (Å²) in [4.78, 5) is 9.79. The van der Waals surface area contributed by atoms with Crippen molar-refractivity contribution in [3.05, 3.63) is 34.4 Å². The van der Waals surface area contributed by atoms with Crippen molar-refractivity contribution in [3.63, 3.8) is 0 Å². The zero-order chi connectivity index (χ0) is 13.9. The predicted molar refractivity (Wildman–Crippen MR) is 67.3 cm³/mol. The first-order valence-corrected chi connectivity index (χ1v) is 7.34. The minimum Gasteiger partial charge on any atom is -0.377 e. The topological polar surface area (TPSA) is 98.5 Å². The molecule has 2 rings (SSSR count). The number of hydrogen-bond acceptors (Lipinski definition) is 5. The molecule has 1 aromatic carbocycles. The van der Waals surface area contributed by atoms with Gasteiger partial charge in [0.2, 0.25) is 10.0 Å². The monoisotopic (exact) mass is 286 g/mol. The number of para-hydroxylation sites is 1. The lowest BCUT2D eigenvalue weighted by atomic mass is 10.2. The molecule has 1 fully saturated rings. The molecule has 1 N–H and O–H groups in total. The van der Waals surface area contributed by atoms with Gasteiger partial charge in [0.15, 0.2) is 4.90 Å². The van der Waals surface area contributed by atoms with Gasteiger partial charge in [-0.05, 0) is 18.9 Å². The van der Waals surface area contributed by atoms with E-state index in [2.05, 4.69) is 4.72 Å². The van der Waals surface area contributed by atoms with E-state index in [0.717, 1.165) is 12.8 Å². The van der Waals surface area contributed by atoms with Crippen LogP contribution in [0.15, 0.2) is 29.2 Å². The molecule has 0 amide bonds. The molecule has 0 bridgehead atoms. The number of hydrogen-bond donors (Lipinski definition) is 1. The fraction of sp³-hybridized carbons (Fsp3) is 0.455. The number of nitrogens with one attached hydrogen (secondary N) is 1. The van der Waals surface area contributed by atoms with Gasteiger partial charge in [-0.25, -0.2) is 13.1 Å². The van der Waals surface area contributed by atoms with E-state index in [4.69, 9.17) is 4.74 Å². The Morgan fingerprint density at radius 3 is 2.79 bits per heavy atom. The van der Waals surface area contributed by atoms with E-state index in [1.54, 1.807) is 0 Å². The van der Waals surface area contributed by atoms with E-state index in [9.17, 15) is 18.5 Å². The third-order valence-corrected chi connectivity index (χ3v) is 4.35. The maximum absolute atomic E-state index is 12.0. The summed E-state index contributed by atoms with van der Waals surface area (Å²) in [6, 6.07) is 5.27. The Labute approximate surface area is 110 Å². The molecule has 1 aliphatic rings. The lowest BCUT2D eigenvalue weighted by molar-refractivity contribution is -0.387. The highest BCUT2D eigenvalue weighted by Crippen LogP contribution is 2.22. The van der Waals surface area contributed by atoms with Crippen LogP contribution in [0.25, 0.3) is 0 Å². The van der Waals surface area contributed by atoms with Crippen LogP contribution in [-0.2, 0) is 14.8 Å². The van der Waals surface area contributed by atoms with Gasteiger partial charge in [-0.15, -0.1) is 0 Å². The largest absolute Gasteiger partial charge is 0.377 e. The minimum absolute atomic E-state index is 0.133. The van der Waals surface area contributed by atoms with Gasteiger partial charge in [0.25, 0.3) is 5.69 Å². The average Bonchev–Trinajstić information content (AvgIpc) is 2.89. The van der Waals surface area contributed by atoms with Crippen LogP contribution in [0.2, 0.25) is 0 Å². The van der Waals surface area contributed by atoms with Crippen molar-refractivity contribution in [3.8, 4) is 0 Å². The number of benzene rings is 1. The van der Waals surface area contributed by atoms with Crippen molar-refractivity contribution >= 4 is 15.7 Å². The van der Waals surface area contributed by atoms with Crippen LogP contribution in [-0.4, -0.2) is 32.6 Å². The molecule has 0 radical (unpaired) electrons. The molecule has 104 valence electrons. The molecule has 1 aromatic rings. The Kier molecular flexibility index (Phi) is 4.13. The first kappa shape index (κ1) is 13.9. The maximum Gasteiger partial charge on any atom is 0.289 e. The third-order valence-electron chi connectivity index (χ3n) is 2.88. The fourth-order valence-corrected chi connectivity index (χ4v) is 3.16. The summed E-state index contributed by atoms with van der Waals surface area (Å²) in [7, 11) is -3.90. The second-order valence-corrected chi connectivity index (χ2v) is 5.95. The summed E-state index contributed by atoms with van der Waals surface area (Å²) in [5, 5.41) is 10.8. The molecule has 0 unspecified atom stereocenters. The SMILES string of the molecule is O=[N+]([O-])c1ccccc1S(=O)(=O)NC[C@@H]1CCCO1. The zero-order valence-corrected chi connectivity index (χ0v) is 10.9. The van der Waals surface area contributed by atoms with E-state index in [0.29, 0.717) is 6.61 Å². The number of rotatable bonds is 5. The van der Waals surface area contributed by atoms with E-state index < -0.39 is 20.6 Å². The van der Waals surface area contributed by atoms with E-state index in [-0.39, 0.29) is 17.5 Å². The number of nitro benzene ring substituents is 1. The van der Waals surface area contributed by atoms with Gasteiger partial charge in [0.1, 0.15) is 0 Å². The van der Waals surface area contributed by atoms with Gasteiger partial charge in [0, 0.05) is 19.2 Å². The molecular formula is C11H14N2O5S. The lowest BCUT2D eigenvalue weighted by Crippen LogP contribution is -2.32. The van der Waals surface area contributed by atoms with E-state index in [1.165, 1.54) is 24.3 Å². The lowest BCUT2D eigenvalue weighted by Gasteiger charge is -2.11. The molecule has 0 aliphatic carbocycles. The predicted octanol–water partition coefficient (Wildman–Crippen LogP) is 1.05. The minimum atomic E-state index is -3.90. The summed E-state index contributed by atoms with van der Waals surface area (Å²) in [5.41, 5.74) is -0.428. The van der Waals surface area contributed by atoms with Crippen molar-refractivity contribution < 1.29 is 18.1 Å². The van der Waals surface area contributed by atoms with Crippen molar-refractivity contribution in [2.24, 2.45) is 0 Å². The van der Waals surface area contributed by atoms with Gasteiger partial charge in [0.05, 0.1) is 11.0 Å². The van der Waals surface area contributed by atoms with E-state index >= 15 is 0 Å². The quantitative estimate of drug-likeness (QED) is 0.644. The first-order chi connectivity index (χ1) is 9.00. The standard InChI is InChI=1S/C11H14N2O5S/c14-13(15)10-5-1-2-6-11(10)19(16,17)12-8-9-4-3-7-18-9/h1-2,5-6,9,12H,3-4,7-8H2/t9-/m0/s1. The van der Waals surface area contributed by atoms with Crippen LogP contribution < -0.4 is 4.72 Å². The highest BCUT2D eigenvalue weighted by Gasteiger charge is 2.26. The van der Waals surface area contributed by atoms with Gasteiger partial charge in [-0.2, -0.15) is 0 Å². The van der Waals surface area contributed by atoms with Crippen LogP contribution in [0.1, 0.15) is 12.8 Å². The van der Waals surface area contributed by atoms with Gasteiger partial charge >= 0.3 is 0 Å². The smallest absolute Gasteiger partial charge is 0.289 e. The molecule has 1 saturated heterocycles. The Hall–Kier alpha value is -1.51. The second-order valence-electron chi connectivity index (χ2n) is 4.21. The van der Waals surface area contributed by atoms with Gasteiger partial charge in [-0.3, -0.25) is 10.1 Å². The molecule has 1 heterocycles. The average molecular weight is 286 g/mol. The number of ether oxygens (including phenoxy) is 1. The van der Waals surface area contributed by atoms with Crippen LogP contribution in [0.3, 0.4) is 0 Å². The van der Waals surface area contributed by atoms with Crippen LogP contribution in [0.5, 0.6) is 0 Å². The summed E-state index contributed by atoms with van der Waals surface area (Å²) in [6.07, 6.45) is 1.54. The van der Waals surface area contributed by atoms with Crippen molar-refractivity contribution in [2.45, 2.75) is 23.8 Å². The number of sulfonamides is 1. The zero-order valence-electron chi connectivity index (χ0n) is 10.1.